The summed E-state index contributed by atoms with van der Waals surface area (Å²) in [6, 6.07) is 16.9. The van der Waals surface area contributed by atoms with E-state index in [9.17, 15) is 9.90 Å². The van der Waals surface area contributed by atoms with Crippen LogP contribution in [0.4, 0.5) is 5.69 Å². The molecular formula is C19H18N2O2S. The van der Waals surface area contributed by atoms with Gasteiger partial charge in [0.15, 0.2) is 5.50 Å². The van der Waals surface area contributed by atoms with Crippen LogP contribution in [0.15, 0.2) is 71.7 Å². The van der Waals surface area contributed by atoms with Gasteiger partial charge in [-0.1, -0.05) is 54.2 Å². The molecule has 24 heavy (non-hydrogen) atoms. The van der Waals surface area contributed by atoms with Crippen molar-refractivity contribution >= 4 is 29.4 Å². The van der Waals surface area contributed by atoms with E-state index in [1.807, 2.05) is 72.6 Å². The first kappa shape index (κ1) is 16.2. The smallest absolute Gasteiger partial charge is 0.260 e. The average molecular weight is 338 g/mol. The number of nitrogens with zero attached hydrogens (tertiary/aromatic N) is 1. The van der Waals surface area contributed by atoms with Gasteiger partial charge in [0.1, 0.15) is 5.75 Å². The summed E-state index contributed by atoms with van der Waals surface area (Å²) in [4.78, 5) is 14.8. The van der Waals surface area contributed by atoms with Crippen molar-refractivity contribution in [2.45, 2.75) is 5.50 Å². The molecule has 0 aliphatic carbocycles. The van der Waals surface area contributed by atoms with Crippen LogP contribution in [0.1, 0.15) is 5.56 Å². The van der Waals surface area contributed by atoms with Crippen LogP contribution < -0.4 is 10.2 Å². The number of rotatable bonds is 4. The number of thioether (sulfide) groups is 1. The van der Waals surface area contributed by atoms with Crippen molar-refractivity contribution in [3.63, 3.8) is 0 Å². The fourth-order valence-electron chi connectivity index (χ4n) is 2.31. The van der Waals surface area contributed by atoms with Gasteiger partial charge < -0.3 is 15.3 Å². The SMILES string of the molecule is CN(c1ccc(O)cc1)[C@@H]1NC(=O)/C(=C/C=C/c2ccccc2)S1. The highest BCUT2D eigenvalue weighted by Gasteiger charge is 2.29. The van der Waals surface area contributed by atoms with E-state index < -0.39 is 0 Å². The summed E-state index contributed by atoms with van der Waals surface area (Å²) in [5.41, 5.74) is 1.85. The van der Waals surface area contributed by atoms with Crippen molar-refractivity contribution in [2.75, 3.05) is 11.9 Å². The molecule has 3 rings (SSSR count). The molecule has 0 aromatic heterocycles. The number of anilines is 1. The Labute approximate surface area is 145 Å². The minimum absolute atomic E-state index is 0.0756. The average Bonchev–Trinajstić information content (AvgIpc) is 2.97. The molecule has 0 unspecified atom stereocenters. The zero-order valence-electron chi connectivity index (χ0n) is 13.2. The quantitative estimate of drug-likeness (QED) is 0.837. The molecule has 1 heterocycles. The number of carbonyl (C=O) groups excluding carboxylic acids is 1. The van der Waals surface area contributed by atoms with E-state index in [1.54, 1.807) is 12.1 Å². The van der Waals surface area contributed by atoms with Crippen molar-refractivity contribution in [3.8, 4) is 5.75 Å². The molecule has 1 atom stereocenters. The van der Waals surface area contributed by atoms with Gasteiger partial charge in [-0.05, 0) is 35.9 Å². The van der Waals surface area contributed by atoms with Crippen molar-refractivity contribution in [3.05, 3.63) is 77.2 Å². The van der Waals surface area contributed by atoms with Gasteiger partial charge in [-0.15, -0.1) is 0 Å². The maximum absolute atomic E-state index is 12.1. The third-order valence-electron chi connectivity index (χ3n) is 3.66. The molecule has 0 radical (unpaired) electrons. The molecule has 1 saturated heterocycles. The van der Waals surface area contributed by atoms with Gasteiger partial charge in [0.05, 0.1) is 4.91 Å². The first-order valence-electron chi connectivity index (χ1n) is 7.56. The number of nitrogens with one attached hydrogen (secondary N) is 1. The van der Waals surface area contributed by atoms with Crippen LogP contribution in [0, 0.1) is 0 Å². The highest BCUT2D eigenvalue weighted by atomic mass is 32.2. The largest absolute Gasteiger partial charge is 0.508 e. The van der Waals surface area contributed by atoms with Gasteiger partial charge in [-0.3, -0.25) is 4.79 Å². The number of amides is 1. The molecule has 2 aromatic rings. The van der Waals surface area contributed by atoms with Crippen LogP contribution >= 0.6 is 11.8 Å². The second-order valence-electron chi connectivity index (χ2n) is 5.37. The summed E-state index contributed by atoms with van der Waals surface area (Å²) >= 11 is 1.47. The molecule has 1 fully saturated rings. The Morgan fingerprint density at radius 1 is 1.12 bits per heavy atom. The number of phenolic OH excluding ortho intramolecular Hbond substituents is 1. The molecule has 5 heteroatoms. The lowest BCUT2D eigenvalue weighted by atomic mass is 10.2. The lowest BCUT2D eigenvalue weighted by Crippen LogP contribution is -2.39. The zero-order valence-corrected chi connectivity index (χ0v) is 14.0. The van der Waals surface area contributed by atoms with Gasteiger partial charge in [0, 0.05) is 12.7 Å². The molecule has 0 spiro atoms. The number of benzene rings is 2. The second kappa shape index (κ2) is 7.27. The predicted molar refractivity (Wildman–Crippen MR) is 99.6 cm³/mol. The van der Waals surface area contributed by atoms with Crippen LogP contribution in [0.3, 0.4) is 0 Å². The Hall–Kier alpha value is -2.66. The molecule has 4 nitrogen and oxygen atoms in total. The van der Waals surface area contributed by atoms with Gasteiger partial charge >= 0.3 is 0 Å². The molecule has 122 valence electrons. The predicted octanol–water partition coefficient (Wildman–Crippen LogP) is 3.57. The van der Waals surface area contributed by atoms with Crippen LogP contribution in [0.25, 0.3) is 6.08 Å². The molecule has 2 aromatic carbocycles. The number of aromatic hydroxyl groups is 1. The summed E-state index contributed by atoms with van der Waals surface area (Å²) < 4.78 is 0. The number of phenols is 1. The summed E-state index contributed by atoms with van der Waals surface area (Å²) in [6.07, 6.45) is 5.69. The minimum atomic E-state index is -0.168. The summed E-state index contributed by atoms with van der Waals surface area (Å²) in [7, 11) is 1.91. The highest BCUT2D eigenvalue weighted by Crippen LogP contribution is 2.32. The second-order valence-corrected chi connectivity index (χ2v) is 6.49. The lowest BCUT2D eigenvalue weighted by Gasteiger charge is -2.25. The number of allylic oxidation sites excluding steroid dienone is 2. The Morgan fingerprint density at radius 2 is 1.83 bits per heavy atom. The Morgan fingerprint density at radius 3 is 2.54 bits per heavy atom. The standard InChI is InChI=1S/C19H18N2O2S/c1-21(15-10-12-16(22)13-11-15)19-20-18(23)17(24-19)9-5-8-14-6-3-2-4-7-14/h2-13,19,22H,1H3,(H,20,23)/b8-5+,17-9-/t19-/m0/s1. The van der Waals surface area contributed by atoms with Crippen LogP contribution in [-0.2, 0) is 4.79 Å². The van der Waals surface area contributed by atoms with E-state index in [4.69, 9.17) is 0 Å². The Balaban J connectivity index is 1.68. The normalized spacial score (nSPS) is 19.0. The molecule has 1 amide bonds. The van der Waals surface area contributed by atoms with Crippen LogP contribution in [0.5, 0.6) is 5.75 Å². The Kier molecular flexibility index (Phi) is 4.91. The molecule has 0 saturated carbocycles. The van der Waals surface area contributed by atoms with Gasteiger partial charge in [-0.25, -0.2) is 0 Å². The van der Waals surface area contributed by atoms with E-state index in [1.165, 1.54) is 11.8 Å². The van der Waals surface area contributed by atoms with E-state index >= 15 is 0 Å². The lowest BCUT2D eigenvalue weighted by molar-refractivity contribution is -0.116. The van der Waals surface area contributed by atoms with Crippen LogP contribution in [0.2, 0.25) is 0 Å². The maximum Gasteiger partial charge on any atom is 0.260 e. The number of hydrogen-bond donors (Lipinski definition) is 2. The van der Waals surface area contributed by atoms with Crippen molar-refractivity contribution in [1.82, 2.24) is 5.32 Å². The fourth-order valence-corrected chi connectivity index (χ4v) is 3.32. The summed E-state index contributed by atoms with van der Waals surface area (Å²) in [6.45, 7) is 0. The molecule has 0 bridgehead atoms. The zero-order chi connectivity index (χ0) is 16.9. The van der Waals surface area contributed by atoms with E-state index in [-0.39, 0.29) is 17.2 Å². The molecular weight excluding hydrogens is 320 g/mol. The topological polar surface area (TPSA) is 52.6 Å². The third-order valence-corrected chi connectivity index (χ3v) is 4.89. The monoisotopic (exact) mass is 338 g/mol. The fraction of sp³-hybridized carbons (Fsp3) is 0.105. The van der Waals surface area contributed by atoms with Gasteiger partial charge in [0.25, 0.3) is 5.91 Å². The molecule has 1 aliphatic rings. The van der Waals surface area contributed by atoms with E-state index in [0.717, 1.165) is 11.3 Å². The maximum atomic E-state index is 12.1. The van der Waals surface area contributed by atoms with Crippen molar-refractivity contribution < 1.29 is 9.90 Å². The number of carbonyl (C=O) groups is 1. The molecule has 2 N–H and O–H groups in total. The van der Waals surface area contributed by atoms with Gasteiger partial charge in [0.2, 0.25) is 0 Å². The summed E-state index contributed by atoms with van der Waals surface area (Å²) in [5.74, 6) is 0.148. The van der Waals surface area contributed by atoms with E-state index in [0.29, 0.717) is 4.91 Å². The highest BCUT2D eigenvalue weighted by molar-refractivity contribution is 8.05. The van der Waals surface area contributed by atoms with Crippen molar-refractivity contribution in [2.24, 2.45) is 0 Å². The Bertz CT molecular complexity index is 770. The summed E-state index contributed by atoms with van der Waals surface area (Å²) in [5, 5.41) is 12.3. The van der Waals surface area contributed by atoms with Crippen LogP contribution in [-0.4, -0.2) is 23.6 Å². The van der Waals surface area contributed by atoms with Gasteiger partial charge in [-0.2, -0.15) is 0 Å². The first-order valence-corrected chi connectivity index (χ1v) is 8.44. The van der Waals surface area contributed by atoms with Crippen molar-refractivity contribution in [1.29, 1.82) is 0 Å². The minimum Gasteiger partial charge on any atom is -0.508 e. The molecule has 1 aliphatic heterocycles. The van der Waals surface area contributed by atoms with E-state index in [2.05, 4.69) is 5.32 Å². The third kappa shape index (κ3) is 3.81. The first-order chi connectivity index (χ1) is 11.6. The number of hydrogen-bond acceptors (Lipinski definition) is 4.